The molecule has 0 bridgehead atoms. The van der Waals surface area contributed by atoms with Gasteiger partial charge in [0.2, 0.25) is 0 Å². The van der Waals surface area contributed by atoms with Gasteiger partial charge in [0.25, 0.3) is 5.56 Å². The summed E-state index contributed by atoms with van der Waals surface area (Å²) >= 11 is 12.7. The number of hydrogen-bond donors (Lipinski definition) is 1. The van der Waals surface area contributed by atoms with Gasteiger partial charge in [-0.3, -0.25) is 14.4 Å². The molecule has 0 saturated carbocycles. The highest BCUT2D eigenvalue weighted by Gasteiger charge is 2.26. The number of H-pyrrole nitrogens is 1. The van der Waals surface area contributed by atoms with E-state index in [9.17, 15) is 9.59 Å². The molecule has 0 unspecified atom stereocenters. The molecule has 1 aliphatic heterocycles. The Labute approximate surface area is 173 Å². The summed E-state index contributed by atoms with van der Waals surface area (Å²) in [5, 5.41) is 5.21. The van der Waals surface area contributed by atoms with Crippen molar-refractivity contribution in [1.82, 2.24) is 19.2 Å². The number of nitrogens with zero attached hydrogens (tertiary/aromatic N) is 4. The van der Waals surface area contributed by atoms with Crippen LogP contribution in [0.5, 0.6) is 0 Å². The van der Waals surface area contributed by atoms with Crippen molar-refractivity contribution in [1.29, 1.82) is 0 Å². The van der Waals surface area contributed by atoms with Gasteiger partial charge in [-0.15, -0.1) is 0 Å². The Morgan fingerprint density at radius 3 is 2.66 bits per heavy atom. The van der Waals surface area contributed by atoms with Gasteiger partial charge in [-0.1, -0.05) is 41.4 Å². The molecule has 5 rings (SSSR count). The van der Waals surface area contributed by atoms with Crippen LogP contribution in [0.1, 0.15) is 22.6 Å². The third kappa shape index (κ3) is 2.66. The van der Waals surface area contributed by atoms with Crippen LogP contribution in [0.25, 0.3) is 11.2 Å². The first-order chi connectivity index (χ1) is 14.0. The fourth-order valence-corrected chi connectivity index (χ4v) is 4.06. The molecule has 2 aromatic heterocycles. The molecule has 0 saturated heterocycles. The van der Waals surface area contributed by atoms with E-state index in [1.165, 1.54) is 4.57 Å². The zero-order chi connectivity index (χ0) is 20.3. The number of fused-ring (bicyclic) bond motifs is 5. The van der Waals surface area contributed by atoms with E-state index >= 15 is 0 Å². The van der Waals surface area contributed by atoms with Crippen LogP contribution in [0.4, 0.5) is 0 Å². The number of aromatic amines is 1. The maximum absolute atomic E-state index is 13.2. The largest absolute Gasteiger partial charge is 0.354 e. The number of hydrogen-bond acceptors (Lipinski definition) is 4. The summed E-state index contributed by atoms with van der Waals surface area (Å²) in [5.41, 5.74) is 2.32. The van der Waals surface area contributed by atoms with Gasteiger partial charge in [-0.2, -0.15) is 9.61 Å². The molecule has 0 atom stereocenters. The van der Waals surface area contributed by atoms with E-state index in [-0.39, 0.29) is 12.1 Å². The highest BCUT2D eigenvalue weighted by molar-refractivity contribution is 6.36. The maximum atomic E-state index is 13.2. The molecular formula is C20H13Cl2N5O2. The van der Waals surface area contributed by atoms with E-state index in [0.717, 1.165) is 10.1 Å². The lowest BCUT2D eigenvalue weighted by molar-refractivity contribution is 0.785. The SMILES string of the molecule is Cc1nn2c(=O)n3c(c2c(=O)[nH]1)CN=C(c1ccccc1Cl)c1cc(Cl)ccc1-3. The minimum Gasteiger partial charge on any atom is -0.307 e. The van der Waals surface area contributed by atoms with E-state index < -0.39 is 11.2 Å². The predicted octanol–water partition coefficient (Wildman–Crippen LogP) is 3.14. The zero-order valence-electron chi connectivity index (χ0n) is 15.1. The number of benzene rings is 2. The van der Waals surface area contributed by atoms with Crippen LogP contribution in [0.2, 0.25) is 10.0 Å². The molecule has 29 heavy (non-hydrogen) atoms. The lowest BCUT2D eigenvalue weighted by Crippen LogP contribution is -2.24. The summed E-state index contributed by atoms with van der Waals surface area (Å²) in [6.07, 6.45) is 0. The average molecular weight is 426 g/mol. The monoisotopic (exact) mass is 425 g/mol. The van der Waals surface area contributed by atoms with Crippen LogP contribution >= 0.6 is 23.2 Å². The molecule has 0 spiro atoms. The van der Waals surface area contributed by atoms with Gasteiger partial charge in [0, 0.05) is 21.2 Å². The van der Waals surface area contributed by atoms with Crippen molar-refractivity contribution in [2.24, 2.45) is 4.99 Å². The van der Waals surface area contributed by atoms with Gasteiger partial charge in [0.15, 0.2) is 5.52 Å². The fourth-order valence-electron chi connectivity index (χ4n) is 3.66. The first kappa shape index (κ1) is 17.9. The van der Waals surface area contributed by atoms with Crippen molar-refractivity contribution in [3.63, 3.8) is 0 Å². The van der Waals surface area contributed by atoms with E-state index in [1.807, 2.05) is 18.2 Å². The van der Waals surface area contributed by atoms with Crippen LogP contribution in [-0.4, -0.2) is 24.9 Å². The highest BCUT2D eigenvalue weighted by Crippen LogP contribution is 2.29. The van der Waals surface area contributed by atoms with Gasteiger partial charge >= 0.3 is 5.69 Å². The second-order valence-corrected chi connectivity index (χ2v) is 7.51. The molecule has 4 aromatic rings. The average Bonchev–Trinajstić information content (AvgIpc) is 2.86. The second kappa shape index (κ2) is 6.43. The number of halogens is 2. The maximum Gasteiger partial charge on any atom is 0.354 e. The smallest absolute Gasteiger partial charge is 0.307 e. The standard InChI is InChI=1S/C20H13Cl2N5O2/c1-10-24-19(28)18-16-9-23-17(12-4-2-3-5-14(12)22)13-8-11(21)6-7-15(13)26(16)20(29)27(18)25-10/h2-8H,9H2,1H3,(H,24,25,28). The molecule has 7 nitrogen and oxygen atoms in total. The lowest BCUT2D eigenvalue weighted by atomic mass is 10.0. The van der Waals surface area contributed by atoms with Crippen molar-refractivity contribution in [3.05, 3.63) is 96.0 Å². The third-order valence-corrected chi connectivity index (χ3v) is 5.42. The molecule has 144 valence electrons. The van der Waals surface area contributed by atoms with Gasteiger partial charge in [0.1, 0.15) is 5.82 Å². The molecule has 1 aliphatic rings. The normalized spacial score (nSPS) is 13.0. The fraction of sp³-hybridized carbons (Fsp3) is 0.100. The summed E-state index contributed by atoms with van der Waals surface area (Å²) in [6.45, 7) is 1.73. The van der Waals surface area contributed by atoms with Crippen LogP contribution in [-0.2, 0) is 6.54 Å². The van der Waals surface area contributed by atoms with Crippen molar-refractivity contribution >= 4 is 34.4 Å². The van der Waals surface area contributed by atoms with Crippen molar-refractivity contribution < 1.29 is 0 Å². The topological polar surface area (TPSA) is 84.5 Å². The minimum absolute atomic E-state index is 0.104. The number of aromatic nitrogens is 4. The van der Waals surface area contributed by atoms with Gasteiger partial charge in [-0.25, -0.2) is 4.79 Å². The van der Waals surface area contributed by atoms with Crippen molar-refractivity contribution in [3.8, 4) is 5.69 Å². The molecule has 0 fully saturated rings. The first-order valence-corrected chi connectivity index (χ1v) is 9.54. The van der Waals surface area contributed by atoms with E-state index in [4.69, 9.17) is 28.2 Å². The summed E-state index contributed by atoms with van der Waals surface area (Å²) in [6, 6.07) is 12.5. The summed E-state index contributed by atoms with van der Waals surface area (Å²) in [4.78, 5) is 33.2. The summed E-state index contributed by atoms with van der Waals surface area (Å²) in [7, 11) is 0. The quantitative estimate of drug-likeness (QED) is 0.508. The minimum atomic E-state index is -0.441. The number of aliphatic imine (C=N–C) groups is 1. The Morgan fingerprint density at radius 1 is 1.07 bits per heavy atom. The Hall–Kier alpha value is -3.16. The molecule has 9 heteroatoms. The van der Waals surface area contributed by atoms with Gasteiger partial charge < -0.3 is 4.98 Å². The number of nitrogens with one attached hydrogen (secondary N) is 1. The van der Waals surface area contributed by atoms with E-state index in [1.54, 1.807) is 31.2 Å². The molecule has 0 radical (unpaired) electrons. The summed E-state index contributed by atoms with van der Waals surface area (Å²) in [5.74, 6) is 0.349. The van der Waals surface area contributed by atoms with Crippen molar-refractivity contribution in [2.45, 2.75) is 13.5 Å². The van der Waals surface area contributed by atoms with Crippen molar-refractivity contribution in [2.75, 3.05) is 0 Å². The van der Waals surface area contributed by atoms with Crippen LogP contribution < -0.4 is 11.2 Å². The molecular weight excluding hydrogens is 413 g/mol. The third-order valence-electron chi connectivity index (χ3n) is 4.86. The zero-order valence-corrected chi connectivity index (χ0v) is 16.6. The number of rotatable bonds is 1. The Balaban J connectivity index is 1.92. The molecule has 2 aromatic carbocycles. The molecule has 1 N–H and O–H groups in total. The van der Waals surface area contributed by atoms with E-state index in [2.05, 4.69) is 10.1 Å². The van der Waals surface area contributed by atoms with E-state index in [0.29, 0.717) is 38.5 Å². The lowest BCUT2D eigenvalue weighted by Gasteiger charge is -2.12. The van der Waals surface area contributed by atoms with Crippen LogP contribution in [0.3, 0.4) is 0 Å². The predicted molar refractivity (Wildman–Crippen MR) is 112 cm³/mol. The number of imidazole rings is 1. The second-order valence-electron chi connectivity index (χ2n) is 6.67. The van der Waals surface area contributed by atoms with Gasteiger partial charge in [0.05, 0.1) is 23.6 Å². The first-order valence-electron chi connectivity index (χ1n) is 8.79. The molecule has 0 aliphatic carbocycles. The van der Waals surface area contributed by atoms with Crippen LogP contribution in [0.15, 0.2) is 57.0 Å². The Kier molecular flexibility index (Phi) is 3.97. The number of aryl methyl sites for hydroxylation is 1. The highest BCUT2D eigenvalue weighted by atomic mass is 35.5. The molecule has 3 heterocycles. The Bertz CT molecular complexity index is 1460. The summed E-state index contributed by atoms with van der Waals surface area (Å²) < 4.78 is 2.59. The molecule has 0 amide bonds. The van der Waals surface area contributed by atoms with Gasteiger partial charge in [-0.05, 0) is 31.2 Å². The Morgan fingerprint density at radius 2 is 1.86 bits per heavy atom. The van der Waals surface area contributed by atoms with Crippen LogP contribution in [0, 0.1) is 6.92 Å².